The fraction of sp³-hybridized carbons (Fsp3) is 0.500. The second-order valence-corrected chi connectivity index (χ2v) is 3.97. The monoisotopic (exact) mass is 237 g/mol. The van der Waals surface area contributed by atoms with Gasteiger partial charge in [0.05, 0.1) is 0 Å². The molecular weight excluding hydrogens is 222 g/mol. The van der Waals surface area contributed by atoms with E-state index in [-0.39, 0.29) is 17.2 Å². The van der Waals surface area contributed by atoms with E-state index in [1.165, 1.54) is 11.6 Å². The number of hydrogen-bond donors (Lipinski definition) is 2. The number of rotatable bonds is 3. The van der Waals surface area contributed by atoms with Gasteiger partial charge in [-0.1, -0.05) is 13.3 Å². The number of imidazole rings is 1. The molecule has 0 aliphatic carbocycles. The number of nitrogens with one attached hydrogen (secondary N) is 1. The van der Waals surface area contributed by atoms with Crippen molar-refractivity contribution in [2.24, 2.45) is 7.05 Å². The molecule has 0 saturated carbocycles. The summed E-state index contributed by atoms with van der Waals surface area (Å²) in [5.74, 6) is 0.146. The third-order valence-corrected chi connectivity index (χ3v) is 2.73. The Balaban J connectivity index is 2.80. The van der Waals surface area contributed by atoms with Crippen LogP contribution in [-0.4, -0.2) is 19.1 Å². The molecule has 0 bridgehead atoms. The molecule has 0 radical (unpaired) electrons. The maximum absolute atomic E-state index is 11.9. The summed E-state index contributed by atoms with van der Waals surface area (Å²) in [5.41, 5.74) is 5.38. The summed E-state index contributed by atoms with van der Waals surface area (Å²) in [6.45, 7) is 2.56. The summed E-state index contributed by atoms with van der Waals surface area (Å²) in [4.78, 5) is 30.4. The lowest BCUT2D eigenvalue weighted by atomic mass is 10.3. The van der Waals surface area contributed by atoms with E-state index in [0.717, 1.165) is 17.4 Å². The second kappa shape index (κ2) is 4.08. The van der Waals surface area contributed by atoms with E-state index in [1.54, 1.807) is 0 Å². The Bertz CT molecular complexity index is 664. The Labute approximate surface area is 96.9 Å². The van der Waals surface area contributed by atoms with Gasteiger partial charge in [-0.2, -0.15) is 4.98 Å². The molecule has 0 aliphatic heterocycles. The topological polar surface area (TPSA) is 98.7 Å². The summed E-state index contributed by atoms with van der Waals surface area (Å²) < 4.78 is 2.54. The zero-order chi connectivity index (χ0) is 12.6. The van der Waals surface area contributed by atoms with Crippen LogP contribution in [0.1, 0.15) is 19.8 Å². The van der Waals surface area contributed by atoms with Gasteiger partial charge < -0.3 is 10.7 Å². The number of nitrogens with zero attached hydrogens (tertiary/aromatic N) is 3. The SMILES string of the molecule is CCCCn1c(=O)n(C)c(=O)c2[nH]c(N)nc21. The van der Waals surface area contributed by atoms with Crippen LogP contribution in [0.3, 0.4) is 0 Å². The van der Waals surface area contributed by atoms with E-state index >= 15 is 0 Å². The summed E-state index contributed by atoms with van der Waals surface area (Å²) in [5, 5.41) is 0. The van der Waals surface area contributed by atoms with Crippen molar-refractivity contribution in [2.75, 3.05) is 5.73 Å². The van der Waals surface area contributed by atoms with Gasteiger partial charge in [-0.3, -0.25) is 13.9 Å². The lowest BCUT2D eigenvalue weighted by Gasteiger charge is -2.07. The molecule has 2 aromatic heterocycles. The molecule has 92 valence electrons. The molecule has 0 saturated heterocycles. The van der Waals surface area contributed by atoms with Crippen LogP contribution in [0.4, 0.5) is 5.95 Å². The number of anilines is 1. The summed E-state index contributed by atoms with van der Waals surface area (Å²) in [6, 6.07) is 0. The summed E-state index contributed by atoms with van der Waals surface area (Å²) in [7, 11) is 1.45. The number of fused-ring (bicyclic) bond motifs is 1. The third-order valence-electron chi connectivity index (χ3n) is 2.73. The van der Waals surface area contributed by atoms with E-state index in [4.69, 9.17) is 5.73 Å². The lowest BCUT2D eigenvalue weighted by molar-refractivity contribution is 0.584. The van der Waals surface area contributed by atoms with Crippen LogP contribution >= 0.6 is 0 Å². The highest BCUT2D eigenvalue weighted by molar-refractivity contribution is 5.72. The van der Waals surface area contributed by atoms with Gasteiger partial charge in [0, 0.05) is 13.6 Å². The van der Waals surface area contributed by atoms with Gasteiger partial charge in [-0.25, -0.2) is 4.79 Å². The van der Waals surface area contributed by atoms with Crippen molar-refractivity contribution < 1.29 is 0 Å². The van der Waals surface area contributed by atoms with Crippen LogP contribution in [0.2, 0.25) is 0 Å². The molecule has 0 spiro atoms. The van der Waals surface area contributed by atoms with Crippen molar-refractivity contribution >= 4 is 17.1 Å². The average Bonchev–Trinajstić information content (AvgIpc) is 2.68. The summed E-state index contributed by atoms with van der Waals surface area (Å²) >= 11 is 0. The largest absolute Gasteiger partial charge is 0.369 e. The Morgan fingerprint density at radius 3 is 2.76 bits per heavy atom. The normalized spacial score (nSPS) is 11.2. The number of H-pyrrole nitrogens is 1. The van der Waals surface area contributed by atoms with Crippen molar-refractivity contribution in [3.05, 3.63) is 20.8 Å². The molecule has 0 unspecified atom stereocenters. The zero-order valence-corrected chi connectivity index (χ0v) is 9.86. The van der Waals surface area contributed by atoms with Crippen molar-refractivity contribution in [1.29, 1.82) is 0 Å². The first-order valence-corrected chi connectivity index (χ1v) is 5.51. The Hall–Kier alpha value is -2.05. The fourth-order valence-electron chi connectivity index (χ4n) is 1.77. The highest BCUT2D eigenvalue weighted by Gasteiger charge is 2.13. The molecule has 2 rings (SSSR count). The highest BCUT2D eigenvalue weighted by Crippen LogP contribution is 2.07. The number of aromatic nitrogens is 4. The van der Waals surface area contributed by atoms with E-state index < -0.39 is 5.56 Å². The molecule has 0 fully saturated rings. The number of nitrogens with two attached hydrogens (primary N) is 1. The Morgan fingerprint density at radius 1 is 1.41 bits per heavy atom. The van der Waals surface area contributed by atoms with Crippen LogP contribution in [0.25, 0.3) is 11.2 Å². The molecular formula is C10H15N5O2. The van der Waals surface area contributed by atoms with Gasteiger partial charge >= 0.3 is 5.69 Å². The number of unbranched alkanes of at least 4 members (excludes halogenated alkanes) is 1. The van der Waals surface area contributed by atoms with E-state index in [9.17, 15) is 9.59 Å². The molecule has 0 atom stereocenters. The first-order chi connectivity index (χ1) is 8.06. The van der Waals surface area contributed by atoms with Gasteiger partial charge in [0.15, 0.2) is 17.1 Å². The lowest BCUT2D eigenvalue weighted by Crippen LogP contribution is -2.38. The van der Waals surface area contributed by atoms with E-state index in [2.05, 4.69) is 9.97 Å². The second-order valence-electron chi connectivity index (χ2n) is 3.97. The van der Waals surface area contributed by atoms with Crippen molar-refractivity contribution in [1.82, 2.24) is 19.1 Å². The molecule has 3 N–H and O–H groups in total. The Morgan fingerprint density at radius 2 is 2.12 bits per heavy atom. The maximum atomic E-state index is 11.9. The van der Waals surface area contributed by atoms with Crippen LogP contribution in [0.15, 0.2) is 9.59 Å². The molecule has 17 heavy (non-hydrogen) atoms. The van der Waals surface area contributed by atoms with Gasteiger partial charge in [0.25, 0.3) is 5.56 Å². The number of aromatic amines is 1. The van der Waals surface area contributed by atoms with Gasteiger partial charge in [-0.15, -0.1) is 0 Å². The van der Waals surface area contributed by atoms with Gasteiger partial charge in [0.2, 0.25) is 0 Å². The maximum Gasteiger partial charge on any atom is 0.332 e. The smallest absolute Gasteiger partial charge is 0.332 e. The van der Waals surface area contributed by atoms with Gasteiger partial charge in [0.1, 0.15) is 0 Å². The predicted molar refractivity (Wildman–Crippen MR) is 64.9 cm³/mol. The fourth-order valence-corrected chi connectivity index (χ4v) is 1.77. The van der Waals surface area contributed by atoms with Crippen molar-refractivity contribution in [3.63, 3.8) is 0 Å². The summed E-state index contributed by atoms with van der Waals surface area (Å²) in [6.07, 6.45) is 1.80. The molecule has 7 heteroatoms. The molecule has 7 nitrogen and oxygen atoms in total. The quantitative estimate of drug-likeness (QED) is 0.772. The van der Waals surface area contributed by atoms with E-state index in [0.29, 0.717) is 12.2 Å². The minimum absolute atomic E-state index is 0.146. The zero-order valence-electron chi connectivity index (χ0n) is 9.86. The molecule has 2 heterocycles. The predicted octanol–water partition coefficient (Wildman–Crippen LogP) is -0.194. The molecule has 0 aliphatic rings. The molecule has 0 aromatic carbocycles. The van der Waals surface area contributed by atoms with Crippen molar-refractivity contribution in [2.45, 2.75) is 26.3 Å². The van der Waals surface area contributed by atoms with Crippen molar-refractivity contribution in [3.8, 4) is 0 Å². The van der Waals surface area contributed by atoms with Crippen LogP contribution in [0.5, 0.6) is 0 Å². The first-order valence-electron chi connectivity index (χ1n) is 5.51. The standard InChI is InChI=1S/C10H15N5O2/c1-3-4-5-15-7-6(12-9(11)13-7)8(16)14(2)10(15)17/h3-5H2,1-2H3,(H3,11,12,13). The van der Waals surface area contributed by atoms with Gasteiger partial charge in [-0.05, 0) is 6.42 Å². The number of nitrogen functional groups attached to an aromatic ring is 1. The third kappa shape index (κ3) is 1.73. The molecule has 2 aromatic rings. The number of hydrogen-bond acceptors (Lipinski definition) is 4. The minimum atomic E-state index is -0.401. The van der Waals surface area contributed by atoms with Crippen LogP contribution in [0, 0.1) is 0 Å². The minimum Gasteiger partial charge on any atom is -0.369 e. The van der Waals surface area contributed by atoms with E-state index in [1.807, 2.05) is 6.92 Å². The van der Waals surface area contributed by atoms with Crippen LogP contribution < -0.4 is 17.0 Å². The molecule has 0 amide bonds. The highest BCUT2D eigenvalue weighted by atomic mass is 16.2. The Kier molecular flexibility index (Phi) is 2.74. The average molecular weight is 237 g/mol. The first kappa shape index (κ1) is 11.4. The number of aryl methyl sites for hydroxylation is 1. The van der Waals surface area contributed by atoms with Crippen LogP contribution in [-0.2, 0) is 13.6 Å².